The van der Waals surface area contributed by atoms with E-state index in [0.29, 0.717) is 129 Å². The summed E-state index contributed by atoms with van der Waals surface area (Å²) in [7, 11) is 2.01. The van der Waals surface area contributed by atoms with Gasteiger partial charge in [-0.2, -0.15) is 23.4 Å². The van der Waals surface area contributed by atoms with E-state index >= 15 is 0 Å². The van der Waals surface area contributed by atoms with Crippen LogP contribution in [-0.2, 0) is 63.9 Å². The molecule has 23 heteroatoms. The minimum Gasteiger partial charge on any atom is -0.478 e. The Morgan fingerprint density at radius 2 is 1.56 bits per heavy atom. The molecular formula is C68H72ClF3N12O7. The van der Waals surface area contributed by atoms with Crippen LogP contribution in [0, 0.1) is 11.3 Å². The van der Waals surface area contributed by atoms with Crippen LogP contribution in [0.2, 0.25) is 5.02 Å². The van der Waals surface area contributed by atoms with Crippen molar-refractivity contribution < 1.29 is 46.8 Å². The standard InChI is InChI=1S/C68H72ClF3N12O7/c1-67(2,43-73)64-18-15-51(41-75-64)74-40-45-7-9-47(10-8-45)63-38-56-58(5-4-6-62(56)84(63)44-68(70,71)72)76-50-20-23-82(24-21-50)25-27-87-29-31-89-33-34-90-32-30-88-28-26-83-42-52(79-80-83)14-11-46-12-16-53(36-55(46)65(85)86)91-66-77-59-37-54(57(69)39-60(59)78-66)48-13-17-61-49(35-48)19-22-81(61)3/h4-10,12-13,15-19,22,35-39,41-42,50,74,76H,11,14,20-21,23-34,40,44H2,1-3H3,(H,77,78)(H,85,86). The minimum absolute atomic E-state index is 0.120. The number of carbonyl (C=O) groups is 1. The molecule has 0 saturated carbocycles. The van der Waals surface area contributed by atoms with Crippen molar-refractivity contribution in [3.8, 4) is 40.2 Å². The second-order valence-electron chi connectivity index (χ2n) is 23.2. The molecule has 5 aromatic heterocycles. The minimum atomic E-state index is -4.42. The fourth-order valence-corrected chi connectivity index (χ4v) is 11.5. The molecule has 0 atom stereocenters. The highest BCUT2D eigenvalue weighted by atomic mass is 35.5. The molecule has 0 amide bonds. The molecule has 1 aliphatic heterocycles. The predicted octanol–water partition coefficient (Wildman–Crippen LogP) is 12.9. The highest BCUT2D eigenvalue weighted by Gasteiger charge is 2.31. The summed E-state index contributed by atoms with van der Waals surface area (Å²) in [6, 6.07) is 38.2. The van der Waals surface area contributed by atoms with Crippen molar-refractivity contribution in [3.05, 3.63) is 167 Å². The van der Waals surface area contributed by atoms with Crippen molar-refractivity contribution in [1.29, 1.82) is 5.26 Å². The molecule has 0 radical (unpaired) electrons. The number of piperidine rings is 1. The van der Waals surface area contributed by atoms with Crippen LogP contribution >= 0.6 is 11.6 Å². The van der Waals surface area contributed by atoms with Crippen LogP contribution in [0.15, 0.2) is 134 Å². The number of aromatic carboxylic acids is 1. The van der Waals surface area contributed by atoms with Crippen molar-refractivity contribution in [2.75, 3.05) is 83.1 Å². The van der Waals surface area contributed by atoms with Crippen molar-refractivity contribution >= 4 is 61.8 Å². The maximum absolute atomic E-state index is 14.1. The first-order chi connectivity index (χ1) is 44.0. The van der Waals surface area contributed by atoms with Gasteiger partial charge in [0.25, 0.3) is 6.01 Å². The number of rotatable bonds is 30. The van der Waals surface area contributed by atoms with Gasteiger partial charge in [-0.3, -0.25) is 4.98 Å². The third kappa shape index (κ3) is 16.4. The lowest BCUT2D eigenvalue weighted by Crippen LogP contribution is -2.40. The molecule has 19 nitrogen and oxygen atoms in total. The Morgan fingerprint density at radius 3 is 2.27 bits per heavy atom. The van der Waals surface area contributed by atoms with Crippen molar-refractivity contribution in [2.24, 2.45) is 7.05 Å². The van der Waals surface area contributed by atoms with Crippen molar-refractivity contribution in [1.82, 2.24) is 44.0 Å². The first kappa shape index (κ1) is 63.7. The average molecular weight is 1260 g/mol. The topological polar surface area (TPSA) is 217 Å². The Kier molecular flexibility index (Phi) is 20.3. The van der Waals surface area contributed by atoms with Gasteiger partial charge in [0.1, 0.15) is 12.3 Å². The fourth-order valence-electron chi connectivity index (χ4n) is 11.3. The van der Waals surface area contributed by atoms with Crippen molar-refractivity contribution in [2.45, 2.75) is 76.8 Å². The number of halogens is 4. The van der Waals surface area contributed by atoms with Gasteiger partial charge in [0.15, 0.2) is 0 Å². The number of ether oxygens (including phenoxy) is 5. The zero-order valence-electron chi connectivity index (χ0n) is 50.9. The molecule has 1 saturated heterocycles. The highest BCUT2D eigenvalue weighted by Crippen LogP contribution is 2.38. The molecule has 10 aromatic rings. The van der Waals surface area contributed by atoms with E-state index < -0.39 is 24.1 Å². The Morgan fingerprint density at radius 1 is 0.824 bits per heavy atom. The lowest BCUT2D eigenvalue weighted by molar-refractivity contribution is -0.139. The van der Waals surface area contributed by atoms with Gasteiger partial charge in [0.2, 0.25) is 0 Å². The summed E-state index contributed by atoms with van der Waals surface area (Å²) in [4.78, 5) is 27.0. The lowest BCUT2D eigenvalue weighted by Gasteiger charge is -2.32. The SMILES string of the molecule is Cn1ccc2cc(-c3cc4nc(Oc5ccc(CCc6cn(CCOCCOCCOCCOCCN7CCC(Nc8cccc9c8cc(-c8ccc(CNc%10ccc(C(C)(C)C#N)nc%10)cc8)n9CC(F)(F)F)CC7)nn6)c(C(=O)O)c5)[nH]c4cc3Cl)ccc21. The zero-order chi connectivity index (χ0) is 63.5. The number of H-pyrrole nitrogens is 1. The summed E-state index contributed by atoms with van der Waals surface area (Å²) in [5, 5.41) is 37.5. The Bertz CT molecular complexity index is 4150. The van der Waals surface area contributed by atoms with E-state index in [-0.39, 0.29) is 17.6 Å². The van der Waals surface area contributed by atoms with Crippen LogP contribution in [0.5, 0.6) is 11.8 Å². The number of aromatic amines is 1. The van der Waals surface area contributed by atoms with E-state index in [1.54, 1.807) is 29.1 Å². The first-order valence-electron chi connectivity index (χ1n) is 30.4. The molecule has 0 spiro atoms. The van der Waals surface area contributed by atoms with E-state index in [0.717, 1.165) is 82.5 Å². The van der Waals surface area contributed by atoms with E-state index in [2.05, 4.69) is 69.6 Å². The average Bonchev–Trinajstić information content (AvgIpc) is 1.66. The summed E-state index contributed by atoms with van der Waals surface area (Å²) in [5.74, 6) is -0.749. The number of nitrogens with zero attached hydrogens (tertiary/aromatic N) is 9. The molecular weight excluding hydrogens is 1190 g/mol. The number of hydrogen-bond donors (Lipinski definition) is 4. The molecule has 1 aliphatic rings. The summed E-state index contributed by atoms with van der Waals surface area (Å²) in [6.45, 7) is 9.59. The second-order valence-corrected chi connectivity index (χ2v) is 23.6. The lowest BCUT2D eigenvalue weighted by atomic mass is 9.91. The molecule has 0 bridgehead atoms. The molecule has 5 aromatic carbocycles. The van der Waals surface area contributed by atoms with Crippen molar-refractivity contribution in [3.63, 3.8) is 0 Å². The molecule has 1 fully saturated rings. The number of aromatic nitrogens is 8. The van der Waals surface area contributed by atoms with Gasteiger partial charge in [-0.15, -0.1) is 5.10 Å². The van der Waals surface area contributed by atoms with Crippen LogP contribution in [0.4, 0.5) is 24.5 Å². The van der Waals surface area contributed by atoms with Gasteiger partial charge < -0.3 is 58.4 Å². The molecule has 4 N–H and O–H groups in total. The molecule has 0 aliphatic carbocycles. The highest BCUT2D eigenvalue weighted by molar-refractivity contribution is 6.34. The smallest absolute Gasteiger partial charge is 0.406 e. The van der Waals surface area contributed by atoms with E-state index in [1.165, 1.54) is 10.6 Å². The number of anilines is 2. The first-order valence-corrected chi connectivity index (χ1v) is 30.8. The van der Waals surface area contributed by atoms with Crippen LogP contribution in [0.25, 0.3) is 55.2 Å². The largest absolute Gasteiger partial charge is 0.478 e. The van der Waals surface area contributed by atoms with Gasteiger partial charge in [-0.05, 0) is 135 Å². The van der Waals surface area contributed by atoms with E-state index in [9.17, 15) is 28.3 Å². The molecule has 11 rings (SSSR count). The number of hydrogen-bond acceptors (Lipinski definition) is 14. The summed E-state index contributed by atoms with van der Waals surface area (Å²) >= 11 is 6.74. The number of benzene rings is 5. The van der Waals surface area contributed by atoms with E-state index in [1.807, 2.05) is 106 Å². The second kappa shape index (κ2) is 29.0. The third-order valence-electron chi connectivity index (χ3n) is 16.3. The predicted molar refractivity (Wildman–Crippen MR) is 344 cm³/mol. The van der Waals surface area contributed by atoms with E-state index in [4.69, 9.17) is 35.3 Å². The number of imidazole rings is 1. The quantitative estimate of drug-likeness (QED) is 0.0308. The summed E-state index contributed by atoms with van der Waals surface area (Å²) in [5.41, 5.74) is 9.99. The Labute approximate surface area is 529 Å². The number of aryl methyl sites for hydroxylation is 3. The van der Waals surface area contributed by atoms with Crippen LogP contribution in [0.3, 0.4) is 0 Å². The van der Waals surface area contributed by atoms with Crippen LogP contribution in [0.1, 0.15) is 59.6 Å². The Hall–Kier alpha value is -8.82. The zero-order valence-corrected chi connectivity index (χ0v) is 51.7. The van der Waals surface area contributed by atoms with Crippen LogP contribution in [-0.4, -0.2) is 140 Å². The molecule has 91 heavy (non-hydrogen) atoms. The fraction of sp³-hybridized carbons (Fsp3) is 0.353. The third-order valence-corrected chi connectivity index (χ3v) is 16.6. The Balaban J connectivity index is 0.533. The molecule has 0 unspecified atom stereocenters. The van der Waals surface area contributed by atoms with Gasteiger partial charge in [0, 0.05) is 84.9 Å². The number of alkyl halides is 3. The number of nitriles is 1. The monoisotopic (exact) mass is 1260 g/mol. The molecule has 6 heterocycles. The normalized spacial score (nSPS) is 13.4. The number of pyridine rings is 1. The maximum Gasteiger partial charge on any atom is 0.406 e. The number of carboxylic acid groups (broad SMARTS) is 1. The number of fused-ring (bicyclic) bond motifs is 3. The molecule has 474 valence electrons. The summed E-state index contributed by atoms with van der Waals surface area (Å²) in [6.07, 6.45) is 3.80. The number of carboxylic acids is 1. The van der Waals surface area contributed by atoms with Gasteiger partial charge in [-0.1, -0.05) is 59.3 Å². The van der Waals surface area contributed by atoms with Gasteiger partial charge in [-0.25, -0.2) is 9.48 Å². The van der Waals surface area contributed by atoms with Gasteiger partial charge >= 0.3 is 12.1 Å². The van der Waals surface area contributed by atoms with Gasteiger partial charge in [0.05, 0.1) is 121 Å². The summed E-state index contributed by atoms with van der Waals surface area (Å²) < 4.78 is 76.4. The number of nitrogens with one attached hydrogen (secondary N) is 3. The van der Waals surface area contributed by atoms with Crippen LogP contribution < -0.4 is 15.4 Å². The maximum atomic E-state index is 14.1. The number of likely N-dealkylation sites (tertiary alicyclic amines) is 1.